The van der Waals surface area contributed by atoms with Crippen LogP contribution in [0.25, 0.3) is 0 Å². The summed E-state index contributed by atoms with van der Waals surface area (Å²) in [4.78, 5) is 0. The van der Waals surface area contributed by atoms with E-state index in [1.54, 1.807) is 0 Å². The second-order valence-corrected chi connectivity index (χ2v) is 6.16. The lowest BCUT2D eigenvalue weighted by atomic mass is 9.54. The Labute approximate surface area is 141 Å². The molecule has 1 saturated carbocycles. The minimum absolute atomic E-state index is 0.405. The Morgan fingerprint density at radius 3 is 1.71 bits per heavy atom. The van der Waals surface area contributed by atoms with E-state index in [0.717, 1.165) is 24.0 Å². The number of benzene rings is 2. The van der Waals surface area contributed by atoms with Crippen LogP contribution in [0.4, 0.5) is 0 Å². The highest BCUT2D eigenvalue weighted by Crippen LogP contribution is 2.62. The first-order valence-electron chi connectivity index (χ1n) is 8.06. The Hall–Kier alpha value is -2.08. The summed E-state index contributed by atoms with van der Waals surface area (Å²) in [5, 5.41) is 8.71. The zero-order valence-electron chi connectivity index (χ0n) is 13.8. The molecule has 1 fully saturated rings. The van der Waals surface area contributed by atoms with Gasteiger partial charge in [0, 0.05) is 20.6 Å². The van der Waals surface area contributed by atoms with Crippen LogP contribution in [0.2, 0.25) is 0 Å². The lowest BCUT2D eigenvalue weighted by Gasteiger charge is -2.54. The van der Waals surface area contributed by atoms with Crippen molar-refractivity contribution in [3.8, 4) is 0 Å². The molecule has 24 heavy (non-hydrogen) atoms. The first-order chi connectivity index (χ1) is 11.7. The van der Waals surface area contributed by atoms with Crippen molar-refractivity contribution < 1.29 is 14.2 Å². The fraction of sp³-hybridized carbons (Fsp3) is 0.368. The Bertz CT molecular complexity index is 704. The van der Waals surface area contributed by atoms with E-state index in [1.165, 1.54) is 14.2 Å². The third-order valence-corrected chi connectivity index (χ3v) is 5.19. The zero-order valence-corrected chi connectivity index (χ0v) is 13.8. The summed E-state index contributed by atoms with van der Waals surface area (Å²) in [6, 6.07) is 20.7. The first kappa shape index (κ1) is 15.4. The predicted octanol–water partition coefficient (Wildman–Crippen LogP) is 3.85. The number of rotatable bonds is 4. The van der Waals surface area contributed by atoms with E-state index in [2.05, 4.69) is 34.5 Å². The van der Waals surface area contributed by atoms with Crippen molar-refractivity contribution in [2.24, 2.45) is 10.2 Å². The molecule has 1 heterocycles. The maximum absolute atomic E-state index is 6.22. The summed E-state index contributed by atoms with van der Waals surface area (Å²) in [5.74, 6) is 0. The molecule has 4 rings (SSSR count). The molecule has 0 amide bonds. The molecule has 5 nitrogen and oxygen atoms in total. The van der Waals surface area contributed by atoms with Crippen molar-refractivity contribution >= 4 is 0 Å². The lowest BCUT2D eigenvalue weighted by molar-refractivity contribution is -0.387. The van der Waals surface area contributed by atoms with E-state index in [-0.39, 0.29) is 0 Å². The number of methoxy groups -OCH3 is 2. The Morgan fingerprint density at radius 2 is 1.33 bits per heavy atom. The van der Waals surface area contributed by atoms with Crippen LogP contribution in [-0.2, 0) is 19.6 Å². The van der Waals surface area contributed by atoms with Gasteiger partial charge in [-0.1, -0.05) is 65.8 Å². The largest absolute Gasteiger partial charge is 0.414 e. The van der Waals surface area contributed by atoms with Crippen molar-refractivity contribution in [3.63, 3.8) is 0 Å². The number of nitrogens with zero attached hydrogens (tertiary/aromatic N) is 2. The Morgan fingerprint density at radius 1 is 0.792 bits per heavy atom. The van der Waals surface area contributed by atoms with Crippen LogP contribution in [0.1, 0.15) is 24.0 Å². The molecule has 1 atom stereocenters. The molecule has 1 aliphatic heterocycles. The molecule has 0 radical (unpaired) electrons. The monoisotopic (exact) mass is 324 g/mol. The second-order valence-electron chi connectivity index (χ2n) is 6.16. The van der Waals surface area contributed by atoms with Gasteiger partial charge in [-0.05, 0) is 17.5 Å². The molecule has 2 aromatic rings. The van der Waals surface area contributed by atoms with Crippen molar-refractivity contribution in [1.82, 2.24) is 0 Å². The SMILES string of the molecule is COC1(OC)N=NC2(CCC2(c2ccccc2)c2ccccc2)O1. The average Bonchev–Trinajstić information content (AvgIpc) is 3.07. The van der Waals surface area contributed by atoms with Gasteiger partial charge in [0.05, 0.1) is 5.41 Å². The van der Waals surface area contributed by atoms with Gasteiger partial charge < -0.3 is 9.47 Å². The molecular weight excluding hydrogens is 304 g/mol. The minimum atomic E-state index is -1.46. The van der Waals surface area contributed by atoms with Gasteiger partial charge in [-0.3, -0.25) is 4.74 Å². The maximum Gasteiger partial charge on any atom is 0.414 e. The number of hydrogen-bond donors (Lipinski definition) is 0. The van der Waals surface area contributed by atoms with Crippen LogP contribution in [0.15, 0.2) is 70.9 Å². The Balaban J connectivity index is 1.86. The standard InChI is InChI=1S/C19H20N2O3/c1-22-19(23-2)21-20-18(24-19)14-13-17(18,15-9-5-3-6-10-15)16-11-7-4-8-12-16/h3-12H,13-14H2,1-2H3. The van der Waals surface area contributed by atoms with Crippen LogP contribution >= 0.6 is 0 Å². The maximum atomic E-state index is 6.22. The summed E-state index contributed by atoms with van der Waals surface area (Å²) < 4.78 is 16.9. The minimum Gasteiger partial charge on any atom is -0.310 e. The molecule has 1 aliphatic carbocycles. The van der Waals surface area contributed by atoms with Crippen molar-refractivity contribution in [2.45, 2.75) is 30.1 Å². The molecule has 0 bridgehead atoms. The van der Waals surface area contributed by atoms with E-state index < -0.39 is 17.2 Å². The van der Waals surface area contributed by atoms with Crippen LogP contribution in [-0.4, -0.2) is 26.0 Å². The highest BCUT2D eigenvalue weighted by molar-refractivity contribution is 5.47. The number of ether oxygens (including phenoxy) is 3. The van der Waals surface area contributed by atoms with Crippen LogP contribution in [0.3, 0.4) is 0 Å². The molecule has 2 aromatic carbocycles. The fourth-order valence-corrected chi connectivity index (χ4v) is 3.86. The predicted molar refractivity (Wildman–Crippen MR) is 88.3 cm³/mol. The summed E-state index contributed by atoms with van der Waals surface area (Å²) >= 11 is 0. The normalized spacial score (nSPS) is 26.4. The number of azo groups is 1. The van der Waals surface area contributed by atoms with Crippen molar-refractivity contribution in [1.29, 1.82) is 0 Å². The van der Waals surface area contributed by atoms with Gasteiger partial charge in [0.2, 0.25) is 5.72 Å². The highest BCUT2D eigenvalue weighted by atomic mass is 16.9. The highest BCUT2D eigenvalue weighted by Gasteiger charge is 2.69. The van der Waals surface area contributed by atoms with E-state index in [4.69, 9.17) is 14.2 Å². The molecular formula is C19H20N2O3. The first-order valence-corrected chi connectivity index (χ1v) is 8.06. The van der Waals surface area contributed by atoms with Gasteiger partial charge in [0.15, 0.2) is 0 Å². The Kier molecular flexibility index (Phi) is 3.53. The van der Waals surface area contributed by atoms with Crippen LogP contribution < -0.4 is 0 Å². The summed E-state index contributed by atoms with van der Waals surface area (Å²) in [6.07, 6.45) is 0.216. The topological polar surface area (TPSA) is 52.4 Å². The van der Waals surface area contributed by atoms with Crippen molar-refractivity contribution in [3.05, 3.63) is 71.8 Å². The molecule has 0 N–H and O–H groups in total. The third-order valence-electron chi connectivity index (χ3n) is 5.19. The molecule has 5 heteroatoms. The zero-order chi connectivity index (χ0) is 16.7. The van der Waals surface area contributed by atoms with Crippen LogP contribution in [0, 0.1) is 0 Å². The third kappa shape index (κ3) is 1.92. The van der Waals surface area contributed by atoms with Gasteiger partial charge in [0.1, 0.15) is 0 Å². The van der Waals surface area contributed by atoms with Gasteiger partial charge >= 0.3 is 6.10 Å². The molecule has 0 aromatic heterocycles. The second kappa shape index (κ2) is 5.48. The van der Waals surface area contributed by atoms with E-state index in [0.29, 0.717) is 0 Å². The smallest absolute Gasteiger partial charge is 0.310 e. The van der Waals surface area contributed by atoms with E-state index in [1.807, 2.05) is 36.4 Å². The molecule has 2 aliphatic rings. The van der Waals surface area contributed by atoms with Gasteiger partial charge in [-0.25, -0.2) is 0 Å². The average molecular weight is 324 g/mol. The molecule has 124 valence electrons. The van der Waals surface area contributed by atoms with Gasteiger partial charge in [0.25, 0.3) is 0 Å². The summed E-state index contributed by atoms with van der Waals surface area (Å²) in [5.41, 5.74) is 1.09. The van der Waals surface area contributed by atoms with Crippen molar-refractivity contribution in [2.75, 3.05) is 14.2 Å². The van der Waals surface area contributed by atoms with Gasteiger partial charge in [-0.2, -0.15) is 0 Å². The molecule has 1 unspecified atom stereocenters. The molecule has 0 saturated heterocycles. The summed E-state index contributed by atoms with van der Waals surface area (Å²) in [7, 11) is 3.01. The number of hydrogen-bond acceptors (Lipinski definition) is 5. The van der Waals surface area contributed by atoms with Crippen LogP contribution in [0.5, 0.6) is 0 Å². The van der Waals surface area contributed by atoms with Gasteiger partial charge in [-0.15, -0.1) is 5.11 Å². The summed E-state index contributed by atoms with van der Waals surface area (Å²) in [6.45, 7) is 0. The fourth-order valence-electron chi connectivity index (χ4n) is 3.86. The van der Waals surface area contributed by atoms with E-state index in [9.17, 15) is 0 Å². The molecule has 1 spiro atoms. The van der Waals surface area contributed by atoms with E-state index >= 15 is 0 Å². The quantitative estimate of drug-likeness (QED) is 0.803. The lowest BCUT2D eigenvalue weighted by Crippen LogP contribution is -2.62.